The molecule has 0 aliphatic carbocycles. The molecule has 0 spiro atoms. The van der Waals surface area contributed by atoms with Crippen molar-refractivity contribution in [2.45, 2.75) is 12.5 Å². The lowest BCUT2D eigenvalue weighted by Crippen LogP contribution is -2.51. The lowest BCUT2D eigenvalue weighted by molar-refractivity contribution is 0.229. The molecular formula is C5H14O3Si2. The monoisotopic (exact) mass is 178 g/mol. The van der Waals surface area contributed by atoms with Crippen LogP contribution in [0.3, 0.4) is 0 Å². The normalized spacial score (nSPS) is 27.0. The van der Waals surface area contributed by atoms with Crippen LogP contribution in [0, 0.1) is 0 Å². The van der Waals surface area contributed by atoms with Crippen molar-refractivity contribution in [3.8, 4) is 0 Å². The van der Waals surface area contributed by atoms with Crippen molar-refractivity contribution in [3.63, 3.8) is 0 Å². The highest BCUT2D eigenvalue weighted by atomic mass is 29.2. The summed E-state index contributed by atoms with van der Waals surface area (Å²) in [5, 5.41) is 0. The largest absolute Gasteiger partial charge is 0.421 e. The zero-order valence-corrected chi connectivity index (χ0v) is 8.97. The van der Waals surface area contributed by atoms with Gasteiger partial charge < -0.3 is 13.3 Å². The van der Waals surface area contributed by atoms with Crippen LogP contribution in [-0.2, 0) is 13.3 Å². The van der Waals surface area contributed by atoms with Gasteiger partial charge in [0.25, 0.3) is 0 Å². The Morgan fingerprint density at radius 1 is 1.40 bits per heavy atom. The van der Waals surface area contributed by atoms with Crippen LogP contribution in [0.5, 0.6) is 0 Å². The van der Waals surface area contributed by atoms with E-state index in [0.717, 1.165) is 19.1 Å². The molecule has 0 aromatic rings. The summed E-state index contributed by atoms with van der Waals surface area (Å²) in [5.74, 6) is 0. The van der Waals surface area contributed by atoms with E-state index in [1.54, 1.807) is 14.2 Å². The number of rotatable bonds is 2. The molecule has 1 fully saturated rings. The van der Waals surface area contributed by atoms with Gasteiger partial charge in [-0.05, 0) is 12.5 Å². The van der Waals surface area contributed by atoms with E-state index in [9.17, 15) is 0 Å². The van der Waals surface area contributed by atoms with Crippen LogP contribution in [0.1, 0.15) is 6.42 Å². The topological polar surface area (TPSA) is 27.7 Å². The molecule has 0 saturated carbocycles. The molecule has 5 heteroatoms. The minimum Gasteiger partial charge on any atom is -0.421 e. The molecule has 1 rings (SSSR count). The van der Waals surface area contributed by atoms with Crippen LogP contribution < -0.4 is 0 Å². The average Bonchev–Trinajstić information content (AvgIpc) is 2.06. The third-order valence-corrected chi connectivity index (χ3v) is 10.2. The predicted molar refractivity (Wildman–Crippen MR) is 43.7 cm³/mol. The third kappa shape index (κ3) is 1.67. The number of hydrogen-bond donors (Lipinski definition) is 0. The maximum atomic E-state index is 5.42. The minimum absolute atomic E-state index is 0.490. The van der Waals surface area contributed by atoms with Crippen molar-refractivity contribution in [2.75, 3.05) is 20.8 Å². The van der Waals surface area contributed by atoms with E-state index in [-0.39, 0.29) is 0 Å². The van der Waals surface area contributed by atoms with Crippen LogP contribution in [0.15, 0.2) is 0 Å². The van der Waals surface area contributed by atoms with Crippen molar-refractivity contribution in [2.24, 2.45) is 0 Å². The van der Waals surface area contributed by atoms with E-state index >= 15 is 0 Å². The fourth-order valence-corrected chi connectivity index (χ4v) is 6.70. The molecule has 1 aliphatic heterocycles. The first-order valence-corrected chi connectivity index (χ1v) is 8.44. The summed E-state index contributed by atoms with van der Waals surface area (Å²) in [4.78, 5) is 0. The second kappa shape index (κ2) is 3.63. The lowest BCUT2D eigenvalue weighted by Gasteiger charge is -2.30. The van der Waals surface area contributed by atoms with Crippen molar-refractivity contribution in [1.29, 1.82) is 0 Å². The highest BCUT2D eigenvalue weighted by Gasteiger charge is 2.38. The minimum atomic E-state index is -1.71. The van der Waals surface area contributed by atoms with Gasteiger partial charge in [-0.3, -0.25) is 0 Å². The first-order chi connectivity index (χ1) is 4.83. The van der Waals surface area contributed by atoms with E-state index in [4.69, 9.17) is 13.3 Å². The van der Waals surface area contributed by atoms with Gasteiger partial charge in [0.1, 0.15) is 0 Å². The van der Waals surface area contributed by atoms with Gasteiger partial charge in [-0.15, -0.1) is 0 Å². The summed E-state index contributed by atoms with van der Waals surface area (Å²) in [7, 11) is 1.29. The molecule has 1 aliphatic rings. The van der Waals surface area contributed by atoms with Crippen LogP contribution in [0.2, 0.25) is 6.04 Å². The van der Waals surface area contributed by atoms with Gasteiger partial charge in [0.15, 0.2) is 0 Å². The van der Waals surface area contributed by atoms with Gasteiger partial charge in [-0.25, -0.2) is 0 Å². The molecule has 60 valence electrons. The smallest absolute Gasteiger partial charge is 0.341 e. The highest BCUT2D eigenvalue weighted by Crippen LogP contribution is 2.17. The predicted octanol–water partition coefficient (Wildman–Crippen LogP) is -0.278. The highest BCUT2D eigenvalue weighted by molar-refractivity contribution is 7.15. The molecule has 0 atom stereocenters. The first-order valence-electron chi connectivity index (χ1n) is 3.51. The average molecular weight is 178 g/mol. The van der Waals surface area contributed by atoms with E-state index in [1.165, 1.54) is 0 Å². The molecule has 0 N–H and O–H groups in total. The molecule has 0 aromatic heterocycles. The fraction of sp³-hybridized carbons (Fsp3) is 1.00. The van der Waals surface area contributed by atoms with Gasteiger partial charge in [0.05, 0.1) is 0 Å². The second-order valence-electron chi connectivity index (χ2n) is 2.48. The Bertz CT molecular complexity index is 97.1. The van der Waals surface area contributed by atoms with Crippen molar-refractivity contribution < 1.29 is 13.3 Å². The molecule has 0 aromatic carbocycles. The summed E-state index contributed by atoms with van der Waals surface area (Å²) < 4.78 is 16.2. The van der Waals surface area contributed by atoms with Crippen LogP contribution in [-0.4, -0.2) is 38.2 Å². The quantitative estimate of drug-likeness (QED) is 0.545. The molecule has 10 heavy (non-hydrogen) atoms. The third-order valence-electron chi connectivity index (χ3n) is 1.91. The van der Waals surface area contributed by atoms with Gasteiger partial charge in [0.2, 0.25) is 9.28 Å². The number of hydrogen-bond acceptors (Lipinski definition) is 3. The van der Waals surface area contributed by atoms with Gasteiger partial charge in [0, 0.05) is 20.8 Å². The molecule has 0 bridgehead atoms. The molecule has 0 amide bonds. The molecule has 0 radical (unpaired) electrons. The summed E-state index contributed by atoms with van der Waals surface area (Å²) >= 11 is 0. The van der Waals surface area contributed by atoms with Crippen molar-refractivity contribution >= 4 is 17.4 Å². The Balaban J connectivity index is 2.44. The first kappa shape index (κ1) is 8.41. The summed E-state index contributed by atoms with van der Waals surface area (Å²) in [6.07, 6.45) is 1.11. The van der Waals surface area contributed by atoms with Crippen molar-refractivity contribution in [1.82, 2.24) is 0 Å². The Morgan fingerprint density at radius 2 is 2.10 bits per heavy atom. The van der Waals surface area contributed by atoms with Crippen LogP contribution in [0.4, 0.5) is 0 Å². The van der Waals surface area contributed by atoms with E-state index in [2.05, 4.69) is 0 Å². The molecule has 0 unspecified atom stereocenters. The lowest BCUT2D eigenvalue weighted by atomic mass is 10.5. The molecule has 3 nitrogen and oxygen atoms in total. The zero-order valence-electron chi connectivity index (χ0n) is 6.55. The van der Waals surface area contributed by atoms with E-state index < -0.39 is 17.4 Å². The molecule has 1 heterocycles. The SMILES string of the molecule is CO[Si]1(OC)CCCO[SiH2]1. The van der Waals surface area contributed by atoms with E-state index in [1.807, 2.05) is 0 Å². The zero-order chi connectivity index (χ0) is 7.45. The van der Waals surface area contributed by atoms with Gasteiger partial charge in [-0.1, -0.05) is 0 Å². The Morgan fingerprint density at radius 3 is 2.40 bits per heavy atom. The maximum absolute atomic E-state index is 5.42. The van der Waals surface area contributed by atoms with Crippen LogP contribution >= 0.6 is 0 Å². The Hall–Kier alpha value is 0.314. The summed E-state index contributed by atoms with van der Waals surface area (Å²) in [6.45, 7) is 0.924. The Kier molecular flexibility index (Phi) is 3.05. The summed E-state index contributed by atoms with van der Waals surface area (Å²) in [6, 6.07) is 1.13. The fourth-order valence-electron chi connectivity index (χ4n) is 1.15. The van der Waals surface area contributed by atoms with E-state index in [0.29, 0.717) is 0 Å². The van der Waals surface area contributed by atoms with Gasteiger partial charge in [-0.2, -0.15) is 0 Å². The molecular weight excluding hydrogens is 164 g/mol. The van der Waals surface area contributed by atoms with Crippen molar-refractivity contribution in [3.05, 3.63) is 0 Å². The second-order valence-corrected chi connectivity index (χ2v) is 10.4. The maximum Gasteiger partial charge on any atom is 0.341 e. The summed E-state index contributed by atoms with van der Waals surface area (Å²) in [5.41, 5.74) is 0. The van der Waals surface area contributed by atoms with Gasteiger partial charge >= 0.3 is 8.08 Å². The standard InChI is InChI=1S/C5H14O3Si2/c1-6-10(7-2)5-3-4-8-9-10/h3-5,9H2,1-2H3. The Labute approximate surface area is 64.6 Å². The molecule has 1 saturated heterocycles. The van der Waals surface area contributed by atoms with Crippen LogP contribution in [0.25, 0.3) is 0 Å².